The minimum atomic E-state index is -3.36. The molecular weight excluding hydrogens is 1170 g/mol. The van der Waals surface area contributed by atoms with E-state index in [9.17, 15) is 15.1 Å². The molecule has 0 amide bonds. The van der Waals surface area contributed by atoms with Gasteiger partial charge in [0.25, 0.3) is 8.32 Å². The molecule has 2 aliphatic rings. The number of esters is 2. The maximum atomic E-state index is 14.8. The molecule has 0 N–H and O–H groups in total. The smallest absolute Gasteiger partial charge is 0.338 e. The van der Waals surface area contributed by atoms with E-state index in [1.165, 1.54) is 11.8 Å². The molecule has 0 radical (unpaired) electrons. The molecule has 11 rings (SSSR count). The topological polar surface area (TPSA) is 166 Å². The number of aryl methyl sites for hydroxylation is 1. The molecule has 16 heteroatoms. The zero-order valence-corrected chi connectivity index (χ0v) is 52.5. The second-order valence-electron chi connectivity index (χ2n) is 23.5. The van der Waals surface area contributed by atoms with Gasteiger partial charge >= 0.3 is 11.9 Å². The molecule has 10 atom stereocenters. The molecule has 460 valence electrons. The Morgan fingerprint density at radius 1 is 0.522 bits per heavy atom. The highest BCUT2D eigenvalue weighted by molar-refractivity contribution is 7.99. The van der Waals surface area contributed by atoms with Gasteiger partial charge in [-0.05, 0) is 97.8 Å². The number of thioether (sulfide) groups is 1. The van der Waals surface area contributed by atoms with Crippen molar-refractivity contribution < 1.29 is 51.9 Å². The molecule has 14 nitrogen and oxygen atoms in total. The van der Waals surface area contributed by atoms with Gasteiger partial charge < -0.3 is 42.3 Å². The predicted octanol–water partition coefficient (Wildman–Crippen LogP) is 14.2. The first-order valence-electron chi connectivity index (χ1n) is 30.3. The highest BCUT2D eigenvalue weighted by atomic mass is 32.2. The standard InChI is InChI=1S/C74H73N3O11SSi/c1-51-39-43-59(44-40-51)89-73-69(87-71(79)57-32-17-8-18-33-57)68(82-47-53-27-13-6-14-28-53)66(63(85-73)50-83-90(74(2,3)4,60-35-19-9-20-36-60)61-37-21-10-22-38-61)88-72-64(76-77-75)67(86-70(78)56-30-15-7-16-31-56)65(62(84-72)49-80-46-52-25-11-5-12-26-52)81-48-54-41-42-55-29-23-24-34-58(55)45-54/h5-45,62-69,72-73H,46-50H2,1-4H3/t62-,63-,64-,65-,66-,67-,68+,69-,72-,73+/m1/s1. The number of hydrogen-bond acceptors (Lipinski definition) is 13. The Balaban J connectivity index is 1.06. The van der Waals surface area contributed by atoms with Crippen molar-refractivity contribution in [1.82, 2.24) is 0 Å². The average Bonchev–Trinajstić information content (AvgIpc) is 0.786. The molecule has 2 heterocycles. The van der Waals surface area contributed by atoms with Gasteiger partial charge in [0, 0.05) is 9.81 Å². The molecule has 2 saturated heterocycles. The van der Waals surface area contributed by atoms with Crippen LogP contribution in [0.5, 0.6) is 0 Å². The number of rotatable bonds is 24. The van der Waals surface area contributed by atoms with Crippen molar-refractivity contribution in [1.29, 1.82) is 0 Å². The molecule has 2 fully saturated rings. The number of carbonyl (C=O) groups excluding carboxylic acids is 2. The summed E-state index contributed by atoms with van der Waals surface area (Å²) in [6.07, 6.45) is -9.74. The van der Waals surface area contributed by atoms with Crippen LogP contribution in [-0.4, -0.2) is 94.0 Å². The molecule has 9 aromatic carbocycles. The van der Waals surface area contributed by atoms with Crippen LogP contribution in [0.1, 0.15) is 63.7 Å². The zero-order chi connectivity index (χ0) is 62.3. The van der Waals surface area contributed by atoms with E-state index in [-0.39, 0.29) is 38.6 Å². The van der Waals surface area contributed by atoms with Gasteiger partial charge in [0.05, 0.1) is 44.2 Å². The first-order valence-corrected chi connectivity index (χ1v) is 33.1. The lowest BCUT2D eigenvalue weighted by Gasteiger charge is -2.50. The van der Waals surface area contributed by atoms with Gasteiger partial charge in [-0.3, -0.25) is 0 Å². The van der Waals surface area contributed by atoms with Crippen LogP contribution in [0.3, 0.4) is 0 Å². The summed E-state index contributed by atoms with van der Waals surface area (Å²) in [6.45, 7) is 8.72. The van der Waals surface area contributed by atoms with E-state index in [1.54, 1.807) is 54.6 Å². The Morgan fingerprint density at radius 3 is 1.60 bits per heavy atom. The predicted molar refractivity (Wildman–Crippen MR) is 351 cm³/mol. The molecule has 2 aliphatic heterocycles. The Labute approximate surface area is 531 Å². The van der Waals surface area contributed by atoms with Crippen LogP contribution < -0.4 is 10.4 Å². The Morgan fingerprint density at radius 2 is 1.02 bits per heavy atom. The van der Waals surface area contributed by atoms with E-state index in [2.05, 4.69) is 55.1 Å². The molecule has 90 heavy (non-hydrogen) atoms. The van der Waals surface area contributed by atoms with Crippen molar-refractivity contribution in [3.05, 3.63) is 293 Å². The van der Waals surface area contributed by atoms with Crippen LogP contribution in [-0.2, 0) is 62.1 Å². The largest absolute Gasteiger partial charge is 0.455 e. The number of hydrogen-bond donors (Lipinski definition) is 0. The van der Waals surface area contributed by atoms with Gasteiger partial charge in [-0.25, -0.2) is 9.59 Å². The fourth-order valence-electron chi connectivity index (χ4n) is 11.8. The molecule has 0 aromatic heterocycles. The second kappa shape index (κ2) is 30.1. The van der Waals surface area contributed by atoms with Crippen molar-refractivity contribution in [3.8, 4) is 0 Å². The third-order valence-corrected chi connectivity index (χ3v) is 22.4. The lowest BCUT2D eigenvalue weighted by Crippen LogP contribution is -2.69. The number of ether oxygens (including phenoxy) is 8. The van der Waals surface area contributed by atoms with Crippen LogP contribution in [0.2, 0.25) is 5.04 Å². The minimum Gasteiger partial charge on any atom is -0.455 e. The summed E-state index contributed by atoms with van der Waals surface area (Å²) in [5.41, 5.74) is 14.0. The molecule has 0 spiro atoms. The summed E-state index contributed by atoms with van der Waals surface area (Å²) in [6, 6.07) is 78.0. The number of azide groups is 1. The summed E-state index contributed by atoms with van der Waals surface area (Å²) in [4.78, 5) is 33.7. The molecular formula is C74H73N3O11SSi. The van der Waals surface area contributed by atoms with E-state index in [0.29, 0.717) is 5.56 Å². The number of fused-ring (bicyclic) bond motifs is 1. The van der Waals surface area contributed by atoms with E-state index in [0.717, 1.165) is 48.3 Å². The maximum Gasteiger partial charge on any atom is 0.338 e. The number of carbonyl (C=O) groups is 2. The summed E-state index contributed by atoms with van der Waals surface area (Å²) >= 11 is 1.39. The van der Waals surface area contributed by atoms with E-state index in [4.69, 9.17) is 42.3 Å². The van der Waals surface area contributed by atoms with Gasteiger partial charge in [-0.2, -0.15) is 0 Å². The van der Waals surface area contributed by atoms with Crippen LogP contribution in [0.4, 0.5) is 0 Å². The highest BCUT2D eigenvalue weighted by Crippen LogP contribution is 2.43. The van der Waals surface area contributed by atoms with Crippen LogP contribution in [0.15, 0.2) is 259 Å². The third kappa shape index (κ3) is 15.3. The highest BCUT2D eigenvalue weighted by Gasteiger charge is 2.57. The fraction of sp³-hybridized carbons (Fsp3) is 0.270. The first-order chi connectivity index (χ1) is 43.9. The number of nitrogens with zero attached hydrogens (tertiary/aromatic N) is 3. The van der Waals surface area contributed by atoms with Gasteiger partial charge in [0.1, 0.15) is 48.1 Å². The molecule has 0 saturated carbocycles. The normalized spacial score (nSPS) is 21.8. The number of benzene rings is 9. The average molecular weight is 1240 g/mol. The van der Waals surface area contributed by atoms with Crippen LogP contribution >= 0.6 is 11.8 Å². The van der Waals surface area contributed by atoms with Crippen LogP contribution in [0.25, 0.3) is 21.2 Å². The third-order valence-electron chi connectivity index (χ3n) is 16.3. The van der Waals surface area contributed by atoms with E-state index >= 15 is 0 Å². The van der Waals surface area contributed by atoms with Crippen molar-refractivity contribution in [2.24, 2.45) is 5.11 Å². The monoisotopic (exact) mass is 1240 g/mol. The van der Waals surface area contributed by atoms with Gasteiger partial charge in [-0.15, -0.1) is 0 Å². The Kier molecular flexibility index (Phi) is 21.2. The van der Waals surface area contributed by atoms with Crippen molar-refractivity contribution in [2.45, 2.75) is 118 Å². The van der Waals surface area contributed by atoms with Crippen molar-refractivity contribution in [3.63, 3.8) is 0 Å². The summed E-state index contributed by atoms with van der Waals surface area (Å²) < 4.78 is 64.2. The van der Waals surface area contributed by atoms with Gasteiger partial charge in [-0.1, -0.05) is 249 Å². The minimum absolute atomic E-state index is 0.0399. The molecule has 0 bridgehead atoms. The fourth-order valence-corrected chi connectivity index (χ4v) is 17.5. The van der Waals surface area contributed by atoms with E-state index < -0.39 is 85.8 Å². The molecule has 9 aromatic rings. The zero-order valence-electron chi connectivity index (χ0n) is 50.7. The Hall–Kier alpha value is -8.22. The first kappa shape index (κ1) is 63.3. The maximum absolute atomic E-state index is 14.8. The van der Waals surface area contributed by atoms with Crippen molar-refractivity contribution >= 4 is 53.2 Å². The van der Waals surface area contributed by atoms with Crippen LogP contribution in [0, 0.1) is 6.92 Å². The summed E-state index contributed by atoms with van der Waals surface area (Å²) in [5.74, 6) is -1.32. The lowest BCUT2D eigenvalue weighted by molar-refractivity contribution is -0.323. The van der Waals surface area contributed by atoms with Gasteiger partial charge in [0.2, 0.25) is 0 Å². The van der Waals surface area contributed by atoms with Gasteiger partial charge in [0.15, 0.2) is 12.4 Å². The summed E-state index contributed by atoms with van der Waals surface area (Å²) in [5, 5.41) is 8.08. The molecule has 0 aliphatic carbocycles. The quantitative estimate of drug-likeness (QED) is 0.0185. The second-order valence-corrected chi connectivity index (χ2v) is 29.0. The SMILES string of the molecule is Cc1ccc(S[C@@H]2O[C@H](CO[Si](c3ccccc3)(c3ccccc3)C(C)(C)C)[C@@H](O[C@H]3O[C@H](COCc4ccccc4)[C@@H](OCc4ccc5ccccc5c4)[C@H](OC(=O)c4ccccc4)[C@H]3N=[N+]=[N-])[C@H](OCc3ccccc3)[C@H]2OC(=O)c2ccccc2)cc1. The molecule has 0 unspecified atom stereocenters. The lowest BCUT2D eigenvalue weighted by atomic mass is 9.95. The summed E-state index contributed by atoms with van der Waals surface area (Å²) in [7, 11) is -3.36. The Bertz CT molecular complexity index is 3760. The van der Waals surface area contributed by atoms with Crippen molar-refractivity contribution in [2.75, 3.05) is 13.2 Å². The van der Waals surface area contributed by atoms with E-state index in [1.807, 2.05) is 177 Å².